The van der Waals surface area contributed by atoms with Crippen LogP contribution < -0.4 is 16.0 Å². The van der Waals surface area contributed by atoms with Crippen molar-refractivity contribution in [1.29, 1.82) is 0 Å². The second kappa shape index (κ2) is 6.60. The van der Waals surface area contributed by atoms with Crippen LogP contribution in [0.2, 0.25) is 0 Å². The second-order valence-corrected chi connectivity index (χ2v) is 7.68. The van der Waals surface area contributed by atoms with Crippen LogP contribution in [0.25, 0.3) is 0 Å². The maximum absolute atomic E-state index is 12.1. The Hall–Kier alpha value is -0.760. The molecule has 0 radical (unpaired) electrons. The van der Waals surface area contributed by atoms with Gasteiger partial charge in [-0.15, -0.1) is 0 Å². The van der Waals surface area contributed by atoms with Crippen molar-refractivity contribution in [3.8, 4) is 0 Å². The lowest BCUT2D eigenvalue weighted by molar-refractivity contribution is 0.574. The van der Waals surface area contributed by atoms with Crippen LogP contribution in [0.4, 0.5) is 5.69 Å². The molecule has 1 saturated heterocycles. The third-order valence-electron chi connectivity index (χ3n) is 3.11. The number of sulfonamides is 1. The third-order valence-corrected chi connectivity index (χ3v) is 5.94. The number of hydrogen-bond donors (Lipinski definition) is 3. The zero-order chi connectivity index (χ0) is 13.7. The van der Waals surface area contributed by atoms with Gasteiger partial charge in [0.25, 0.3) is 0 Å². The monoisotopic (exact) mass is 301 g/mol. The first-order valence-corrected chi connectivity index (χ1v) is 8.83. The zero-order valence-electron chi connectivity index (χ0n) is 10.6. The topological polar surface area (TPSA) is 84.2 Å². The zero-order valence-corrected chi connectivity index (χ0v) is 12.3. The van der Waals surface area contributed by atoms with Crippen LogP contribution in [0, 0.1) is 0 Å². The summed E-state index contributed by atoms with van der Waals surface area (Å²) < 4.78 is 26.9. The van der Waals surface area contributed by atoms with Crippen molar-refractivity contribution >= 4 is 27.5 Å². The van der Waals surface area contributed by atoms with Gasteiger partial charge in [0.2, 0.25) is 10.0 Å². The Morgan fingerprint density at radius 1 is 1.26 bits per heavy atom. The first kappa shape index (κ1) is 14.6. The molecule has 1 aromatic rings. The highest BCUT2D eigenvalue weighted by Crippen LogP contribution is 2.24. The van der Waals surface area contributed by atoms with E-state index in [9.17, 15) is 8.42 Å². The molecule has 1 aliphatic heterocycles. The van der Waals surface area contributed by atoms with Gasteiger partial charge >= 0.3 is 0 Å². The van der Waals surface area contributed by atoms with Crippen molar-refractivity contribution < 1.29 is 8.42 Å². The largest absolute Gasteiger partial charge is 0.324 e. The van der Waals surface area contributed by atoms with Crippen LogP contribution in [0.1, 0.15) is 19.3 Å². The van der Waals surface area contributed by atoms with E-state index in [1.807, 2.05) is 11.8 Å². The minimum absolute atomic E-state index is 0.271. The van der Waals surface area contributed by atoms with E-state index in [0.29, 0.717) is 17.5 Å². The smallest absolute Gasteiger partial charge is 0.240 e. The summed E-state index contributed by atoms with van der Waals surface area (Å²) in [7, 11) is -3.42. The summed E-state index contributed by atoms with van der Waals surface area (Å²) in [5, 5.41) is 0.397. The Balaban J connectivity index is 1.96. The van der Waals surface area contributed by atoms with Gasteiger partial charge in [-0.05, 0) is 42.9 Å². The number of hydrazine groups is 1. The van der Waals surface area contributed by atoms with Gasteiger partial charge in [0.05, 0.1) is 4.90 Å². The van der Waals surface area contributed by atoms with Gasteiger partial charge in [0.1, 0.15) is 0 Å². The number of hydrogen-bond acceptors (Lipinski definition) is 5. The molecule has 4 N–H and O–H groups in total. The van der Waals surface area contributed by atoms with Crippen LogP contribution in [0.5, 0.6) is 0 Å². The number of nitrogens with two attached hydrogens (primary N) is 1. The Morgan fingerprint density at radius 2 is 2.00 bits per heavy atom. The van der Waals surface area contributed by atoms with Gasteiger partial charge in [-0.1, -0.05) is 6.42 Å². The van der Waals surface area contributed by atoms with E-state index in [1.165, 1.54) is 12.8 Å². The third kappa shape index (κ3) is 4.10. The molecule has 1 heterocycles. The molecule has 2 rings (SSSR count). The van der Waals surface area contributed by atoms with Crippen molar-refractivity contribution in [2.75, 3.05) is 17.7 Å². The van der Waals surface area contributed by atoms with Gasteiger partial charge in [0, 0.05) is 17.5 Å². The molecule has 5 nitrogen and oxygen atoms in total. The summed E-state index contributed by atoms with van der Waals surface area (Å²) >= 11 is 1.85. The summed E-state index contributed by atoms with van der Waals surface area (Å²) in [4.78, 5) is 0.271. The second-order valence-electron chi connectivity index (χ2n) is 4.51. The average molecular weight is 301 g/mol. The van der Waals surface area contributed by atoms with Crippen LogP contribution in [-0.4, -0.2) is 26.0 Å². The fourth-order valence-corrected chi connectivity index (χ4v) is 4.41. The van der Waals surface area contributed by atoms with E-state index in [2.05, 4.69) is 10.1 Å². The minimum Gasteiger partial charge on any atom is -0.324 e. The number of nitrogens with one attached hydrogen (secondary N) is 2. The molecule has 1 fully saturated rings. The highest BCUT2D eigenvalue weighted by atomic mass is 32.2. The van der Waals surface area contributed by atoms with E-state index < -0.39 is 10.0 Å². The molecule has 1 unspecified atom stereocenters. The van der Waals surface area contributed by atoms with Crippen molar-refractivity contribution in [2.24, 2.45) is 5.84 Å². The van der Waals surface area contributed by atoms with Gasteiger partial charge in [-0.3, -0.25) is 5.84 Å². The van der Waals surface area contributed by atoms with E-state index >= 15 is 0 Å². The predicted octanol–water partition coefficient (Wildman–Crippen LogP) is 1.54. The number of rotatable bonds is 5. The summed E-state index contributed by atoms with van der Waals surface area (Å²) in [5.41, 5.74) is 3.15. The molecule has 0 saturated carbocycles. The van der Waals surface area contributed by atoms with Crippen molar-refractivity contribution in [3.05, 3.63) is 24.3 Å². The Labute approximate surface area is 118 Å². The highest BCUT2D eigenvalue weighted by Gasteiger charge is 2.18. The summed E-state index contributed by atoms with van der Waals surface area (Å²) in [6.07, 6.45) is 3.51. The first-order chi connectivity index (χ1) is 9.12. The molecular weight excluding hydrogens is 282 g/mol. The molecule has 19 heavy (non-hydrogen) atoms. The standard InChI is InChI=1S/C12H19N3O2S2/c13-15-10-4-6-12(7-5-10)19(16,17)14-9-11-3-1-2-8-18-11/h4-7,11,14-15H,1-3,8-9,13H2. The molecule has 0 bridgehead atoms. The molecule has 7 heteroatoms. The van der Waals surface area contributed by atoms with Gasteiger partial charge in [0.15, 0.2) is 0 Å². The number of benzene rings is 1. The molecule has 0 amide bonds. The maximum atomic E-state index is 12.1. The van der Waals surface area contributed by atoms with Crippen LogP contribution >= 0.6 is 11.8 Å². The molecule has 0 aliphatic carbocycles. The fraction of sp³-hybridized carbons (Fsp3) is 0.500. The lowest BCUT2D eigenvalue weighted by Gasteiger charge is -2.21. The molecule has 1 atom stereocenters. The van der Waals surface area contributed by atoms with Crippen LogP contribution in [-0.2, 0) is 10.0 Å². The van der Waals surface area contributed by atoms with E-state index in [1.54, 1.807) is 24.3 Å². The van der Waals surface area contributed by atoms with Gasteiger partial charge < -0.3 is 5.43 Å². The van der Waals surface area contributed by atoms with Crippen LogP contribution in [0.15, 0.2) is 29.2 Å². The lowest BCUT2D eigenvalue weighted by Crippen LogP contribution is -2.32. The molecule has 1 aliphatic rings. The average Bonchev–Trinajstić information content (AvgIpc) is 2.46. The molecule has 1 aromatic carbocycles. The molecule has 106 valence electrons. The van der Waals surface area contributed by atoms with Crippen molar-refractivity contribution in [3.63, 3.8) is 0 Å². The fourth-order valence-electron chi connectivity index (χ4n) is 1.98. The number of thioether (sulfide) groups is 1. The number of anilines is 1. The summed E-state index contributed by atoms with van der Waals surface area (Å²) in [6, 6.07) is 6.38. The van der Waals surface area contributed by atoms with E-state index in [0.717, 1.165) is 12.2 Å². The lowest BCUT2D eigenvalue weighted by atomic mass is 10.2. The maximum Gasteiger partial charge on any atom is 0.240 e. The van der Waals surface area contributed by atoms with E-state index in [-0.39, 0.29) is 4.90 Å². The Bertz CT molecular complexity index is 496. The molecule has 0 spiro atoms. The summed E-state index contributed by atoms with van der Waals surface area (Å²) in [6.45, 7) is 0.504. The van der Waals surface area contributed by atoms with Crippen LogP contribution in [0.3, 0.4) is 0 Å². The predicted molar refractivity (Wildman–Crippen MR) is 79.5 cm³/mol. The highest BCUT2D eigenvalue weighted by molar-refractivity contribution is 8.00. The normalized spacial score (nSPS) is 20.2. The summed E-state index contributed by atoms with van der Waals surface area (Å²) in [5.74, 6) is 6.38. The van der Waals surface area contributed by atoms with Gasteiger partial charge in [-0.2, -0.15) is 11.8 Å². The SMILES string of the molecule is NNc1ccc(S(=O)(=O)NCC2CCCCS2)cc1. The Kier molecular flexibility index (Phi) is 5.09. The number of nitrogen functional groups attached to an aromatic ring is 1. The van der Waals surface area contributed by atoms with Crippen molar-refractivity contribution in [2.45, 2.75) is 29.4 Å². The molecular formula is C12H19N3O2S2. The van der Waals surface area contributed by atoms with E-state index in [4.69, 9.17) is 5.84 Å². The first-order valence-electron chi connectivity index (χ1n) is 6.30. The van der Waals surface area contributed by atoms with Gasteiger partial charge in [-0.25, -0.2) is 13.1 Å². The Morgan fingerprint density at radius 3 is 2.58 bits per heavy atom. The van der Waals surface area contributed by atoms with Crippen molar-refractivity contribution in [1.82, 2.24) is 4.72 Å². The quantitative estimate of drug-likeness (QED) is 0.567. The molecule has 0 aromatic heterocycles. The minimum atomic E-state index is -3.42.